The maximum atomic E-state index is 13.1. The molecule has 2 aromatic rings. The molecule has 1 N–H and O–H groups in total. The Hall–Kier alpha value is -2.58. The number of para-hydroxylation sites is 1. The molecule has 0 aromatic heterocycles. The molecular formula is C23H30N4O3S. The lowest BCUT2D eigenvalue weighted by molar-refractivity contribution is 0.214. The van der Waals surface area contributed by atoms with E-state index in [1.807, 2.05) is 35.2 Å². The number of likely N-dealkylation sites (tertiary alicyclic amines) is 1. The van der Waals surface area contributed by atoms with Crippen molar-refractivity contribution >= 4 is 27.4 Å². The number of nitrogens with one attached hydrogen (secondary N) is 1. The summed E-state index contributed by atoms with van der Waals surface area (Å²) in [5.74, 6) is 0. The number of anilines is 2. The second-order valence-corrected chi connectivity index (χ2v) is 10.0. The van der Waals surface area contributed by atoms with Crippen LogP contribution in [0.2, 0.25) is 0 Å². The highest BCUT2D eigenvalue weighted by Crippen LogP contribution is 2.22. The Morgan fingerprint density at radius 3 is 1.97 bits per heavy atom. The number of carbonyl (C=O) groups excluding carboxylic acids is 1. The molecule has 0 spiro atoms. The molecule has 166 valence electrons. The lowest BCUT2D eigenvalue weighted by Gasteiger charge is -2.35. The first-order chi connectivity index (χ1) is 15.0. The number of amides is 2. The molecule has 2 aliphatic rings. The molecule has 2 amide bonds. The van der Waals surface area contributed by atoms with Gasteiger partial charge in [0.1, 0.15) is 0 Å². The molecule has 2 saturated heterocycles. The Morgan fingerprint density at radius 1 is 0.742 bits per heavy atom. The van der Waals surface area contributed by atoms with Gasteiger partial charge in [-0.1, -0.05) is 31.0 Å². The molecule has 0 atom stereocenters. The highest BCUT2D eigenvalue weighted by molar-refractivity contribution is 7.89. The number of urea groups is 1. The van der Waals surface area contributed by atoms with Crippen LogP contribution in [0.4, 0.5) is 16.2 Å². The van der Waals surface area contributed by atoms with Crippen LogP contribution in [0.3, 0.4) is 0 Å². The molecule has 0 aliphatic carbocycles. The summed E-state index contributed by atoms with van der Waals surface area (Å²) in [4.78, 5) is 16.8. The minimum absolute atomic E-state index is 0.116. The van der Waals surface area contributed by atoms with Crippen molar-refractivity contribution in [1.29, 1.82) is 0 Å². The van der Waals surface area contributed by atoms with Crippen LogP contribution in [-0.2, 0) is 10.0 Å². The first kappa shape index (κ1) is 21.6. The maximum absolute atomic E-state index is 13.1. The van der Waals surface area contributed by atoms with Gasteiger partial charge in [-0.2, -0.15) is 4.31 Å². The molecule has 0 saturated carbocycles. The number of sulfonamides is 1. The smallest absolute Gasteiger partial charge is 0.321 e. The standard InChI is InChI=1S/C23H30N4O3S/c28-23(26-14-6-1-2-7-15-26)24-20-10-12-22(13-11-20)31(29,30)27-18-16-25(17-19-27)21-8-4-3-5-9-21/h3-5,8-13H,1-2,6-7,14-19H2,(H,24,28). The molecule has 2 aliphatic heterocycles. The zero-order valence-corrected chi connectivity index (χ0v) is 18.6. The van der Waals surface area contributed by atoms with Crippen molar-refractivity contribution in [3.05, 3.63) is 54.6 Å². The van der Waals surface area contributed by atoms with E-state index in [1.165, 1.54) is 4.31 Å². The van der Waals surface area contributed by atoms with Crippen LogP contribution in [0, 0.1) is 0 Å². The maximum Gasteiger partial charge on any atom is 0.321 e. The topological polar surface area (TPSA) is 73.0 Å². The van der Waals surface area contributed by atoms with Crippen LogP contribution >= 0.6 is 0 Å². The van der Waals surface area contributed by atoms with E-state index in [0.717, 1.165) is 44.5 Å². The molecule has 2 aromatic carbocycles. The number of hydrogen-bond acceptors (Lipinski definition) is 4. The van der Waals surface area contributed by atoms with Crippen LogP contribution in [0.25, 0.3) is 0 Å². The van der Waals surface area contributed by atoms with E-state index in [2.05, 4.69) is 10.2 Å². The number of hydrogen-bond donors (Lipinski definition) is 1. The van der Waals surface area contributed by atoms with E-state index >= 15 is 0 Å². The van der Waals surface area contributed by atoms with Gasteiger partial charge in [-0.15, -0.1) is 0 Å². The summed E-state index contributed by atoms with van der Waals surface area (Å²) in [6.45, 7) is 3.76. The highest BCUT2D eigenvalue weighted by atomic mass is 32.2. The number of nitrogens with zero attached hydrogens (tertiary/aromatic N) is 3. The quantitative estimate of drug-likeness (QED) is 0.785. The van der Waals surface area contributed by atoms with Gasteiger partial charge in [0.25, 0.3) is 0 Å². The summed E-state index contributed by atoms with van der Waals surface area (Å²) in [5, 5.41) is 2.89. The molecule has 2 fully saturated rings. The third-order valence-corrected chi connectivity index (χ3v) is 7.91. The van der Waals surface area contributed by atoms with E-state index in [1.54, 1.807) is 24.3 Å². The minimum Gasteiger partial charge on any atom is -0.369 e. The third kappa shape index (κ3) is 5.19. The highest BCUT2D eigenvalue weighted by Gasteiger charge is 2.28. The number of piperazine rings is 1. The van der Waals surface area contributed by atoms with Gasteiger partial charge >= 0.3 is 6.03 Å². The molecule has 4 rings (SSSR count). The minimum atomic E-state index is -3.55. The molecular weight excluding hydrogens is 412 g/mol. The summed E-state index contributed by atoms with van der Waals surface area (Å²) in [6.07, 6.45) is 4.39. The van der Waals surface area contributed by atoms with Gasteiger partial charge in [-0.25, -0.2) is 13.2 Å². The number of carbonyl (C=O) groups is 1. The monoisotopic (exact) mass is 442 g/mol. The van der Waals surface area contributed by atoms with Gasteiger partial charge < -0.3 is 15.1 Å². The van der Waals surface area contributed by atoms with E-state index in [9.17, 15) is 13.2 Å². The van der Waals surface area contributed by atoms with Gasteiger partial charge in [0.2, 0.25) is 10.0 Å². The van der Waals surface area contributed by atoms with Crippen molar-refractivity contribution < 1.29 is 13.2 Å². The molecule has 0 radical (unpaired) electrons. The van der Waals surface area contributed by atoms with Crippen molar-refractivity contribution in [2.75, 3.05) is 49.5 Å². The Kier molecular flexibility index (Phi) is 6.77. The Bertz CT molecular complexity index is 964. The van der Waals surface area contributed by atoms with E-state index < -0.39 is 10.0 Å². The van der Waals surface area contributed by atoms with Gasteiger partial charge in [-0.3, -0.25) is 0 Å². The number of benzene rings is 2. The SMILES string of the molecule is O=C(Nc1ccc(S(=O)(=O)N2CCN(c3ccccc3)CC2)cc1)N1CCCCCC1. The van der Waals surface area contributed by atoms with Crippen LogP contribution in [0.1, 0.15) is 25.7 Å². The summed E-state index contributed by atoms with van der Waals surface area (Å²) in [5.41, 5.74) is 1.73. The fourth-order valence-corrected chi connectivity index (χ4v) is 5.58. The Morgan fingerprint density at radius 2 is 1.35 bits per heavy atom. The first-order valence-corrected chi connectivity index (χ1v) is 12.4. The largest absolute Gasteiger partial charge is 0.369 e. The van der Waals surface area contributed by atoms with Gasteiger partial charge in [-0.05, 0) is 49.2 Å². The third-order valence-electron chi connectivity index (χ3n) is 6.00. The fraction of sp³-hybridized carbons (Fsp3) is 0.435. The molecule has 2 heterocycles. The van der Waals surface area contributed by atoms with E-state index in [-0.39, 0.29) is 10.9 Å². The Labute approximate surface area is 184 Å². The zero-order chi connectivity index (χ0) is 21.7. The van der Waals surface area contributed by atoms with Crippen molar-refractivity contribution in [3.8, 4) is 0 Å². The van der Waals surface area contributed by atoms with E-state index in [4.69, 9.17) is 0 Å². The predicted molar refractivity (Wildman–Crippen MR) is 123 cm³/mol. The summed E-state index contributed by atoms with van der Waals surface area (Å²) in [7, 11) is -3.55. The zero-order valence-electron chi connectivity index (χ0n) is 17.7. The molecule has 31 heavy (non-hydrogen) atoms. The summed E-state index contributed by atoms with van der Waals surface area (Å²) >= 11 is 0. The Balaban J connectivity index is 1.36. The van der Waals surface area contributed by atoms with Crippen LogP contribution in [0.5, 0.6) is 0 Å². The van der Waals surface area contributed by atoms with Crippen molar-refractivity contribution in [2.45, 2.75) is 30.6 Å². The summed E-state index contributed by atoms with van der Waals surface area (Å²) in [6, 6.07) is 16.4. The van der Waals surface area contributed by atoms with Gasteiger partial charge in [0, 0.05) is 50.6 Å². The normalized spacial score (nSPS) is 18.5. The molecule has 7 nitrogen and oxygen atoms in total. The molecule has 0 bridgehead atoms. The average Bonchev–Trinajstić information content (AvgIpc) is 3.10. The second-order valence-electron chi connectivity index (χ2n) is 8.08. The van der Waals surface area contributed by atoms with E-state index in [0.29, 0.717) is 31.9 Å². The van der Waals surface area contributed by atoms with Crippen molar-refractivity contribution in [2.24, 2.45) is 0 Å². The molecule has 8 heteroatoms. The van der Waals surface area contributed by atoms with Gasteiger partial charge in [0.05, 0.1) is 4.90 Å². The lowest BCUT2D eigenvalue weighted by atomic mass is 10.2. The lowest BCUT2D eigenvalue weighted by Crippen LogP contribution is -2.48. The fourth-order valence-electron chi connectivity index (χ4n) is 4.16. The molecule has 0 unspecified atom stereocenters. The van der Waals surface area contributed by atoms with Crippen LogP contribution < -0.4 is 10.2 Å². The predicted octanol–water partition coefficient (Wildman–Crippen LogP) is 3.61. The first-order valence-electron chi connectivity index (χ1n) is 11.0. The second kappa shape index (κ2) is 9.70. The van der Waals surface area contributed by atoms with Gasteiger partial charge in [0.15, 0.2) is 0 Å². The summed E-state index contributed by atoms with van der Waals surface area (Å²) < 4.78 is 27.7. The average molecular weight is 443 g/mol. The van der Waals surface area contributed by atoms with Crippen molar-refractivity contribution in [3.63, 3.8) is 0 Å². The van der Waals surface area contributed by atoms with Crippen LogP contribution in [-0.4, -0.2) is 62.9 Å². The van der Waals surface area contributed by atoms with Crippen LogP contribution in [0.15, 0.2) is 59.5 Å². The number of rotatable bonds is 4. The van der Waals surface area contributed by atoms with Crippen molar-refractivity contribution in [1.82, 2.24) is 9.21 Å².